The highest BCUT2D eigenvalue weighted by Crippen LogP contribution is 2.28. The summed E-state index contributed by atoms with van der Waals surface area (Å²) in [4.78, 5) is 13.5. The van der Waals surface area contributed by atoms with Crippen LogP contribution in [-0.4, -0.2) is 36.1 Å². The maximum absolute atomic E-state index is 11.4. The van der Waals surface area contributed by atoms with Crippen LogP contribution < -0.4 is 5.32 Å². The second kappa shape index (κ2) is 6.40. The molecule has 0 aliphatic rings. The van der Waals surface area contributed by atoms with Crippen molar-refractivity contribution >= 4 is 5.91 Å². The molecule has 0 fully saturated rings. The number of amides is 1. The Kier molecular flexibility index (Phi) is 5.16. The van der Waals surface area contributed by atoms with Crippen molar-refractivity contribution in [3.63, 3.8) is 0 Å². The molecule has 100 valence electrons. The third-order valence-electron chi connectivity index (χ3n) is 3.22. The number of carbonyl (C=O) groups is 1. The Morgan fingerprint density at radius 1 is 1.50 bits per heavy atom. The van der Waals surface area contributed by atoms with E-state index in [4.69, 9.17) is 0 Å². The summed E-state index contributed by atoms with van der Waals surface area (Å²) < 4.78 is 0. The molecule has 0 saturated heterocycles. The minimum atomic E-state index is -0.0182. The van der Waals surface area contributed by atoms with Crippen LogP contribution in [-0.2, 0) is 4.79 Å². The van der Waals surface area contributed by atoms with Crippen molar-refractivity contribution in [2.24, 2.45) is 0 Å². The first kappa shape index (κ1) is 14.5. The lowest BCUT2D eigenvalue weighted by Gasteiger charge is -2.27. The standard InChI is InChI=1S/C14H22N2O2/c1-5-16(9-14(18)15-4)11(3)12-7-6-10(2)8-13(12)17/h6-8,11,17H,5,9H2,1-4H3,(H,15,18). The van der Waals surface area contributed by atoms with Gasteiger partial charge in [-0.05, 0) is 32.0 Å². The van der Waals surface area contributed by atoms with Gasteiger partial charge in [0.2, 0.25) is 5.91 Å². The average molecular weight is 250 g/mol. The molecule has 1 atom stereocenters. The molecule has 0 radical (unpaired) electrons. The van der Waals surface area contributed by atoms with Gasteiger partial charge in [0.15, 0.2) is 0 Å². The average Bonchev–Trinajstić information content (AvgIpc) is 2.34. The van der Waals surface area contributed by atoms with Crippen molar-refractivity contribution in [3.05, 3.63) is 29.3 Å². The summed E-state index contributed by atoms with van der Waals surface area (Å²) >= 11 is 0. The van der Waals surface area contributed by atoms with E-state index in [1.165, 1.54) is 0 Å². The molecule has 0 spiro atoms. The van der Waals surface area contributed by atoms with Crippen LogP contribution in [0.3, 0.4) is 0 Å². The number of carbonyl (C=O) groups excluding carboxylic acids is 1. The lowest BCUT2D eigenvalue weighted by molar-refractivity contribution is -0.122. The lowest BCUT2D eigenvalue weighted by Crippen LogP contribution is -2.37. The van der Waals surface area contributed by atoms with E-state index in [0.717, 1.165) is 17.7 Å². The van der Waals surface area contributed by atoms with Crippen molar-refractivity contribution < 1.29 is 9.90 Å². The van der Waals surface area contributed by atoms with Gasteiger partial charge in [0.1, 0.15) is 5.75 Å². The molecule has 1 aromatic carbocycles. The maximum atomic E-state index is 11.4. The SMILES string of the molecule is CCN(CC(=O)NC)C(C)c1ccc(C)cc1O. The molecule has 1 rings (SSSR count). The Balaban J connectivity index is 2.89. The lowest BCUT2D eigenvalue weighted by atomic mass is 10.0. The van der Waals surface area contributed by atoms with Crippen LogP contribution in [0.2, 0.25) is 0 Å². The third-order valence-corrected chi connectivity index (χ3v) is 3.22. The Morgan fingerprint density at radius 3 is 2.67 bits per heavy atom. The summed E-state index contributed by atoms with van der Waals surface area (Å²) in [6, 6.07) is 5.65. The van der Waals surface area contributed by atoms with E-state index in [1.54, 1.807) is 13.1 Å². The number of aromatic hydroxyl groups is 1. The number of phenolic OH excluding ortho intramolecular Hbond substituents is 1. The van der Waals surface area contributed by atoms with Gasteiger partial charge in [-0.25, -0.2) is 0 Å². The van der Waals surface area contributed by atoms with Gasteiger partial charge in [0.05, 0.1) is 6.54 Å². The third kappa shape index (κ3) is 3.47. The van der Waals surface area contributed by atoms with E-state index in [2.05, 4.69) is 5.32 Å². The summed E-state index contributed by atoms with van der Waals surface area (Å²) in [6.07, 6.45) is 0. The number of likely N-dealkylation sites (N-methyl/N-ethyl adjacent to an activating group) is 2. The van der Waals surface area contributed by atoms with E-state index in [-0.39, 0.29) is 17.7 Å². The number of hydrogen-bond acceptors (Lipinski definition) is 3. The number of phenols is 1. The molecule has 0 aliphatic carbocycles. The molecule has 1 unspecified atom stereocenters. The van der Waals surface area contributed by atoms with Crippen LogP contribution in [0.15, 0.2) is 18.2 Å². The molecular weight excluding hydrogens is 228 g/mol. The summed E-state index contributed by atoms with van der Waals surface area (Å²) in [7, 11) is 1.63. The Hall–Kier alpha value is -1.55. The minimum Gasteiger partial charge on any atom is -0.508 e. The fraction of sp³-hybridized carbons (Fsp3) is 0.500. The van der Waals surface area contributed by atoms with Crippen LogP contribution in [0, 0.1) is 6.92 Å². The zero-order chi connectivity index (χ0) is 13.7. The van der Waals surface area contributed by atoms with Gasteiger partial charge in [-0.3, -0.25) is 9.69 Å². The van der Waals surface area contributed by atoms with Crippen LogP contribution in [0.4, 0.5) is 0 Å². The molecule has 0 bridgehead atoms. The van der Waals surface area contributed by atoms with Crippen molar-refractivity contribution in [1.82, 2.24) is 10.2 Å². The van der Waals surface area contributed by atoms with Crippen molar-refractivity contribution in [2.45, 2.75) is 26.8 Å². The summed E-state index contributed by atoms with van der Waals surface area (Å²) in [5, 5.41) is 12.6. The molecule has 0 heterocycles. The number of nitrogens with zero attached hydrogens (tertiary/aromatic N) is 1. The Labute approximate surface area is 109 Å². The first-order valence-corrected chi connectivity index (χ1v) is 6.23. The van der Waals surface area contributed by atoms with E-state index in [9.17, 15) is 9.90 Å². The smallest absolute Gasteiger partial charge is 0.233 e. The maximum Gasteiger partial charge on any atom is 0.233 e. The molecule has 0 aromatic heterocycles. The van der Waals surface area contributed by atoms with Crippen molar-refractivity contribution in [1.29, 1.82) is 0 Å². The van der Waals surface area contributed by atoms with Gasteiger partial charge in [-0.2, -0.15) is 0 Å². The topological polar surface area (TPSA) is 52.6 Å². The predicted molar refractivity (Wildman–Crippen MR) is 72.6 cm³/mol. The second-order valence-electron chi connectivity index (χ2n) is 4.47. The van der Waals surface area contributed by atoms with E-state index < -0.39 is 0 Å². The molecule has 4 heteroatoms. The zero-order valence-corrected chi connectivity index (χ0v) is 11.5. The van der Waals surface area contributed by atoms with Gasteiger partial charge < -0.3 is 10.4 Å². The Morgan fingerprint density at radius 2 is 2.17 bits per heavy atom. The summed E-state index contributed by atoms with van der Waals surface area (Å²) in [5.74, 6) is 0.271. The van der Waals surface area contributed by atoms with Gasteiger partial charge in [-0.1, -0.05) is 19.1 Å². The molecule has 1 amide bonds. The van der Waals surface area contributed by atoms with E-state index in [1.807, 2.05) is 37.8 Å². The largest absolute Gasteiger partial charge is 0.508 e. The molecule has 1 aromatic rings. The van der Waals surface area contributed by atoms with Crippen LogP contribution in [0.1, 0.15) is 31.0 Å². The monoisotopic (exact) mass is 250 g/mol. The fourth-order valence-corrected chi connectivity index (χ4v) is 1.99. The summed E-state index contributed by atoms with van der Waals surface area (Å²) in [6.45, 7) is 7.03. The normalized spacial score (nSPS) is 12.5. The highest BCUT2D eigenvalue weighted by atomic mass is 16.3. The fourth-order valence-electron chi connectivity index (χ4n) is 1.99. The first-order valence-electron chi connectivity index (χ1n) is 6.23. The van der Waals surface area contributed by atoms with Crippen LogP contribution in [0.25, 0.3) is 0 Å². The highest BCUT2D eigenvalue weighted by molar-refractivity contribution is 5.77. The van der Waals surface area contributed by atoms with Crippen LogP contribution >= 0.6 is 0 Å². The highest BCUT2D eigenvalue weighted by Gasteiger charge is 2.19. The second-order valence-corrected chi connectivity index (χ2v) is 4.47. The number of aryl methyl sites for hydroxylation is 1. The molecule has 2 N–H and O–H groups in total. The number of hydrogen-bond donors (Lipinski definition) is 2. The van der Waals surface area contributed by atoms with Crippen LogP contribution in [0.5, 0.6) is 5.75 Å². The first-order chi connectivity index (χ1) is 8.49. The van der Waals surface area contributed by atoms with E-state index >= 15 is 0 Å². The molecule has 0 saturated carbocycles. The summed E-state index contributed by atoms with van der Waals surface area (Å²) in [5.41, 5.74) is 1.88. The zero-order valence-electron chi connectivity index (χ0n) is 11.5. The van der Waals surface area contributed by atoms with Crippen molar-refractivity contribution in [3.8, 4) is 5.75 Å². The predicted octanol–water partition coefficient (Wildman–Crippen LogP) is 1.83. The number of rotatable bonds is 5. The molecule has 0 aliphatic heterocycles. The van der Waals surface area contributed by atoms with Gasteiger partial charge in [0.25, 0.3) is 0 Å². The quantitative estimate of drug-likeness (QED) is 0.838. The van der Waals surface area contributed by atoms with Gasteiger partial charge >= 0.3 is 0 Å². The van der Waals surface area contributed by atoms with Gasteiger partial charge in [0, 0.05) is 18.7 Å². The van der Waals surface area contributed by atoms with Crippen molar-refractivity contribution in [2.75, 3.05) is 20.1 Å². The number of nitrogens with one attached hydrogen (secondary N) is 1. The minimum absolute atomic E-state index is 0.00731. The molecular formula is C14H22N2O2. The molecule has 4 nitrogen and oxygen atoms in total. The van der Waals surface area contributed by atoms with Gasteiger partial charge in [-0.15, -0.1) is 0 Å². The number of benzene rings is 1. The van der Waals surface area contributed by atoms with E-state index in [0.29, 0.717) is 6.54 Å². The Bertz CT molecular complexity index is 418. The molecule has 18 heavy (non-hydrogen) atoms.